The molecule has 0 unspecified atom stereocenters. The van der Waals surface area contributed by atoms with E-state index in [4.69, 9.17) is 10.5 Å². The fourth-order valence-corrected chi connectivity index (χ4v) is 2.64. The van der Waals surface area contributed by atoms with Crippen LogP contribution in [0.15, 0.2) is 18.2 Å². The topological polar surface area (TPSA) is 52.3 Å². The Labute approximate surface area is 115 Å². The summed E-state index contributed by atoms with van der Waals surface area (Å²) in [7, 11) is 0. The minimum atomic E-state index is -0.244. The number of benzene rings is 1. The van der Waals surface area contributed by atoms with Crippen LogP contribution in [0, 0.1) is 12.8 Å². The number of hydrogen-bond donors (Lipinski definition) is 1. The summed E-state index contributed by atoms with van der Waals surface area (Å²) in [5, 5.41) is 0. The second-order valence-corrected chi connectivity index (χ2v) is 5.53. The van der Waals surface area contributed by atoms with Gasteiger partial charge in [0.1, 0.15) is 6.10 Å². The molecule has 2 rings (SSSR count). The van der Waals surface area contributed by atoms with E-state index in [2.05, 4.69) is 6.92 Å². The van der Waals surface area contributed by atoms with Gasteiger partial charge in [0.2, 0.25) is 0 Å². The van der Waals surface area contributed by atoms with Crippen LogP contribution in [0.2, 0.25) is 0 Å². The van der Waals surface area contributed by atoms with Crippen molar-refractivity contribution in [2.24, 2.45) is 5.92 Å². The molecule has 1 aliphatic rings. The summed E-state index contributed by atoms with van der Waals surface area (Å²) in [6, 6.07) is 5.35. The zero-order valence-corrected chi connectivity index (χ0v) is 11.8. The average molecular weight is 261 g/mol. The number of ether oxygens (including phenoxy) is 1. The van der Waals surface area contributed by atoms with Gasteiger partial charge in [0.25, 0.3) is 0 Å². The summed E-state index contributed by atoms with van der Waals surface area (Å²) >= 11 is 0. The third kappa shape index (κ3) is 3.49. The first-order chi connectivity index (χ1) is 9.10. The molecule has 3 heteroatoms. The van der Waals surface area contributed by atoms with Crippen LogP contribution < -0.4 is 5.73 Å². The molecule has 1 aromatic rings. The molecule has 0 aliphatic heterocycles. The molecule has 0 saturated heterocycles. The van der Waals surface area contributed by atoms with E-state index in [0.717, 1.165) is 24.3 Å². The van der Waals surface area contributed by atoms with E-state index in [1.807, 2.05) is 13.0 Å². The van der Waals surface area contributed by atoms with Crippen molar-refractivity contribution in [2.45, 2.75) is 52.1 Å². The van der Waals surface area contributed by atoms with Crippen LogP contribution >= 0.6 is 0 Å². The van der Waals surface area contributed by atoms with Gasteiger partial charge in [-0.05, 0) is 56.2 Å². The molecule has 0 heterocycles. The molecule has 0 radical (unpaired) electrons. The molecule has 0 spiro atoms. The monoisotopic (exact) mass is 261 g/mol. The second kappa shape index (κ2) is 6.09. The van der Waals surface area contributed by atoms with Gasteiger partial charge in [0.15, 0.2) is 0 Å². The zero-order valence-electron chi connectivity index (χ0n) is 11.8. The van der Waals surface area contributed by atoms with Gasteiger partial charge >= 0.3 is 5.97 Å². The number of hydrogen-bond acceptors (Lipinski definition) is 3. The summed E-state index contributed by atoms with van der Waals surface area (Å²) in [5.74, 6) is 0.566. The number of esters is 1. The van der Waals surface area contributed by atoms with E-state index in [-0.39, 0.29) is 12.1 Å². The molecule has 1 aliphatic carbocycles. The first-order valence-corrected chi connectivity index (χ1v) is 7.17. The fraction of sp³-hybridized carbons (Fsp3) is 0.562. The lowest BCUT2D eigenvalue weighted by molar-refractivity contribution is 0.0164. The largest absolute Gasteiger partial charge is 0.459 e. The first-order valence-electron chi connectivity index (χ1n) is 7.17. The lowest BCUT2D eigenvalue weighted by atomic mass is 9.86. The summed E-state index contributed by atoms with van der Waals surface area (Å²) in [6.07, 6.45) is 5.64. The lowest BCUT2D eigenvalue weighted by Gasteiger charge is -2.27. The van der Waals surface area contributed by atoms with Gasteiger partial charge in [0, 0.05) is 5.69 Å². The number of anilines is 1. The maximum atomic E-state index is 12.0. The highest BCUT2D eigenvalue weighted by Crippen LogP contribution is 2.28. The highest BCUT2D eigenvalue weighted by molar-refractivity contribution is 5.90. The molecule has 1 fully saturated rings. The van der Waals surface area contributed by atoms with Crippen LogP contribution in [-0.2, 0) is 4.74 Å². The van der Waals surface area contributed by atoms with Gasteiger partial charge in [-0.3, -0.25) is 0 Å². The standard InChI is InChI=1S/C16H23NO2/c1-3-12-5-8-14(9-6-12)19-16(18)13-7-4-11(2)15(17)10-13/h4,7,10,12,14H,3,5-6,8-9,17H2,1-2H3. The molecular weight excluding hydrogens is 238 g/mol. The van der Waals surface area contributed by atoms with Crippen molar-refractivity contribution < 1.29 is 9.53 Å². The Morgan fingerprint density at radius 1 is 1.32 bits per heavy atom. The van der Waals surface area contributed by atoms with E-state index in [9.17, 15) is 4.79 Å². The van der Waals surface area contributed by atoms with E-state index in [1.165, 1.54) is 19.3 Å². The lowest BCUT2D eigenvalue weighted by Crippen LogP contribution is -2.24. The molecule has 0 atom stereocenters. The summed E-state index contributed by atoms with van der Waals surface area (Å²) < 4.78 is 5.57. The summed E-state index contributed by atoms with van der Waals surface area (Å²) in [5.41, 5.74) is 8.01. The number of carbonyl (C=O) groups excluding carboxylic acids is 1. The van der Waals surface area contributed by atoms with Gasteiger partial charge in [-0.15, -0.1) is 0 Å². The highest BCUT2D eigenvalue weighted by Gasteiger charge is 2.23. The average Bonchev–Trinajstić information content (AvgIpc) is 2.42. The van der Waals surface area contributed by atoms with Crippen molar-refractivity contribution in [3.8, 4) is 0 Å². The van der Waals surface area contributed by atoms with Crippen molar-refractivity contribution in [1.29, 1.82) is 0 Å². The van der Waals surface area contributed by atoms with Crippen LogP contribution in [-0.4, -0.2) is 12.1 Å². The Morgan fingerprint density at radius 3 is 2.58 bits per heavy atom. The van der Waals surface area contributed by atoms with Crippen molar-refractivity contribution >= 4 is 11.7 Å². The Hall–Kier alpha value is -1.51. The quantitative estimate of drug-likeness (QED) is 0.666. The number of aryl methyl sites for hydroxylation is 1. The number of carbonyl (C=O) groups is 1. The predicted molar refractivity (Wildman–Crippen MR) is 77.0 cm³/mol. The van der Waals surface area contributed by atoms with Crippen molar-refractivity contribution in [3.63, 3.8) is 0 Å². The molecule has 0 bridgehead atoms. The van der Waals surface area contributed by atoms with Crippen molar-refractivity contribution in [3.05, 3.63) is 29.3 Å². The van der Waals surface area contributed by atoms with Gasteiger partial charge in [-0.1, -0.05) is 19.4 Å². The number of nitrogens with two attached hydrogens (primary N) is 1. The molecule has 0 amide bonds. The Morgan fingerprint density at radius 2 is 2.00 bits per heavy atom. The minimum absolute atomic E-state index is 0.0813. The van der Waals surface area contributed by atoms with Crippen LogP contribution in [0.5, 0.6) is 0 Å². The van der Waals surface area contributed by atoms with Crippen molar-refractivity contribution in [2.75, 3.05) is 5.73 Å². The SMILES string of the molecule is CCC1CCC(OC(=O)c2ccc(C)c(N)c2)CC1. The Bertz CT molecular complexity index is 448. The zero-order chi connectivity index (χ0) is 13.8. The van der Waals surface area contributed by atoms with Crippen LogP contribution in [0.3, 0.4) is 0 Å². The maximum absolute atomic E-state index is 12.0. The molecule has 1 aromatic carbocycles. The molecule has 0 aromatic heterocycles. The third-order valence-corrected chi connectivity index (χ3v) is 4.16. The predicted octanol–water partition coefficient (Wildman–Crippen LogP) is 3.70. The minimum Gasteiger partial charge on any atom is -0.459 e. The van der Waals surface area contributed by atoms with Crippen molar-refractivity contribution in [1.82, 2.24) is 0 Å². The molecule has 1 saturated carbocycles. The van der Waals surface area contributed by atoms with Crippen LogP contribution in [0.4, 0.5) is 5.69 Å². The molecular formula is C16H23NO2. The smallest absolute Gasteiger partial charge is 0.338 e. The van der Waals surface area contributed by atoms with Gasteiger partial charge < -0.3 is 10.5 Å². The van der Waals surface area contributed by atoms with Gasteiger partial charge in [-0.25, -0.2) is 4.79 Å². The Kier molecular flexibility index (Phi) is 4.46. The molecule has 3 nitrogen and oxygen atoms in total. The summed E-state index contributed by atoms with van der Waals surface area (Å²) in [6.45, 7) is 4.16. The highest BCUT2D eigenvalue weighted by atomic mass is 16.5. The van der Waals surface area contributed by atoms with E-state index < -0.39 is 0 Å². The first kappa shape index (κ1) is 13.9. The van der Waals surface area contributed by atoms with Crippen LogP contribution in [0.1, 0.15) is 54.9 Å². The van der Waals surface area contributed by atoms with E-state index >= 15 is 0 Å². The van der Waals surface area contributed by atoms with Gasteiger partial charge in [0.05, 0.1) is 5.56 Å². The second-order valence-electron chi connectivity index (χ2n) is 5.53. The van der Waals surface area contributed by atoms with E-state index in [1.54, 1.807) is 12.1 Å². The maximum Gasteiger partial charge on any atom is 0.338 e. The van der Waals surface area contributed by atoms with Crippen LogP contribution in [0.25, 0.3) is 0 Å². The van der Waals surface area contributed by atoms with E-state index in [0.29, 0.717) is 11.3 Å². The normalized spacial score (nSPS) is 23.1. The van der Waals surface area contributed by atoms with Gasteiger partial charge in [-0.2, -0.15) is 0 Å². The fourth-order valence-electron chi connectivity index (χ4n) is 2.64. The molecule has 2 N–H and O–H groups in total. The third-order valence-electron chi connectivity index (χ3n) is 4.16. The summed E-state index contributed by atoms with van der Waals surface area (Å²) in [4.78, 5) is 12.0. The Balaban J connectivity index is 1.92. The number of rotatable bonds is 3. The molecule has 104 valence electrons. The number of nitrogen functional groups attached to an aromatic ring is 1. The molecule has 19 heavy (non-hydrogen) atoms.